The molecule has 1 aromatic rings. The largest absolute Gasteiger partial charge is 0.314 e. The van der Waals surface area contributed by atoms with Crippen molar-refractivity contribution in [2.75, 3.05) is 6.54 Å². The molecule has 3 heteroatoms. The summed E-state index contributed by atoms with van der Waals surface area (Å²) in [7, 11) is 0. The van der Waals surface area contributed by atoms with Crippen molar-refractivity contribution in [2.24, 2.45) is 0 Å². The van der Waals surface area contributed by atoms with E-state index in [1.165, 1.54) is 18.4 Å². The van der Waals surface area contributed by atoms with E-state index >= 15 is 0 Å². The summed E-state index contributed by atoms with van der Waals surface area (Å²) < 4.78 is 13.7. The van der Waals surface area contributed by atoms with Gasteiger partial charge in [0.05, 0.1) is 5.02 Å². The quantitative estimate of drug-likeness (QED) is 0.604. The third kappa shape index (κ3) is 4.11. The van der Waals surface area contributed by atoms with Crippen molar-refractivity contribution in [3.8, 4) is 0 Å². The van der Waals surface area contributed by atoms with Gasteiger partial charge in [-0.2, -0.15) is 0 Å². The molecule has 0 atom stereocenters. The van der Waals surface area contributed by atoms with Gasteiger partial charge in [-0.15, -0.1) is 0 Å². The Morgan fingerprint density at radius 1 is 1.50 bits per heavy atom. The molecule has 1 aromatic carbocycles. The number of hydrogen-bond donors (Lipinski definition) is 1. The van der Waals surface area contributed by atoms with Crippen LogP contribution in [-0.2, 0) is 6.42 Å². The zero-order valence-corrected chi connectivity index (χ0v) is 11.4. The first-order valence-corrected chi connectivity index (χ1v) is 6.86. The van der Waals surface area contributed by atoms with E-state index in [4.69, 9.17) is 11.6 Å². The molecule has 0 saturated heterocycles. The Kier molecular flexibility index (Phi) is 4.79. The van der Waals surface area contributed by atoms with Gasteiger partial charge in [-0.05, 0) is 50.8 Å². The Morgan fingerprint density at radius 2 is 2.28 bits per heavy atom. The van der Waals surface area contributed by atoms with Gasteiger partial charge in [0, 0.05) is 6.04 Å². The van der Waals surface area contributed by atoms with Crippen LogP contribution in [0.5, 0.6) is 0 Å². The second kappa shape index (κ2) is 6.35. The lowest BCUT2D eigenvalue weighted by atomic mass is 10.0. The summed E-state index contributed by atoms with van der Waals surface area (Å²) in [5.74, 6) is -0.289. The highest BCUT2D eigenvalue weighted by molar-refractivity contribution is 6.30. The molecule has 1 N–H and O–H groups in total. The van der Waals surface area contributed by atoms with Gasteiger partial charge in [-0.25, -0.2) is 4.39 Å². The summed E-state index contributed by atoms with van der Waals surface area (Å²) in [5.41, 5.74) is 1.86. The van der Waals surface area contributed by atoms with Crippen molar-refractivity contribution in [3.05, 3.63) is 46.3 Å². The molecule has 0 radical (unpaired) electrons. The van der Waals surface area contributed by atoms with E-state index in [2.05, 4.69) is 11.4 Å². The molecule has 1 nitrogen and oxygen atoms in total. The molecule has 0 bridgehead atoms. The second-order valence-corrected chi connectivity index (χ2v) is 5.36. The van der Waals surface area contributed by atoms with E-state index < -0.39 is 0 Å². The van der Waals surface area contributed by atoms with Crippen LogP contribution in [0, 0.1) is 5.82 Å². The maximum absolute atomic E-state index is 13.7. The van der Waals surface area contributed by atoms with Crippen molar-refractivity contribution in [3.63, 3.8) is 0 Å². The lowest BCUT2D eigenvalue weighted by Crippen LogP contribution is -2.16. The molecular formula is C15H19ClFN. The molecule has 0 unspecified atom stereocenters. The second-order valence-electron chi connectivity index (χ2n) is 4.96. The average Bonchev–Trinajstić information content (AvgIpc) is 3.15. The van der Waals surface area contributed by atoms with Crippen molar-refractivity contribution in [1.29, 1.82) is 0 Å². The average molecular weight is 268 g/mol. The summed E-state index contributed by atoms with van der Waals surface area (Å²) in [6.07, 6.45) is 6.45. The zero-order chi connectivity index (χ0) is 13.0. The van der Waals surface area contributed by atoms with Crippen LogP contribution in [0.3, 0.4) is 0 Å². The fraction of sp³-hybridized carbons (Fsp3) is 0.467. The van der Waals surface area contributed by atoms with Gasteiger partial charge in [-0.3, -0.25) is 0 Å². The number of allylic oxidation sites excluding steroid dienone is 1. The smallest absolute Gasteiger partial charge is 0.145 e. The van der Waals surface area contributed by atoms with Gasteiger partial charge in [0.15, 0.2) is 0 Å². The third-order valence-electron chi connectivity index (χ3n) is 3.15. The molecule has 0 aliphatic heterocycles. The minimum absolute atomic E-state index is 0.204. The van der Waals surface area contributed by atoms with E-state index in [9.17, 15) is 4.39 Å². The molecule has 0 aromatic heterocycles. The fourth-order valence-electron chi connectivity index (χ4n) is 1.95. The standard InChI is InChI=1S/C15H19ClFN/c1-11(4-3-9-18-13-7-8-13)10-12-5-2-6-14(16)15(12)17/h2,4-6,13,18H,3,7-10H2,1H3/b11-4-. The Labute approximate surface area is 113 Å². The summed E-state index contributed by atoms with van der Waals surface area (Å²) in [6, 6.07) is 5.92. The Morgan fingerprint density at radius 3 is 3.00 bits per heavy atom. The molecule has 1 fully saturated rings. The van der Waals surface area contributed by atoms with Crippen molar-refractivity contribution in [1.82, 2.24) is 5.32 Å². The molecule has 1 aliphatic carbocycles. The van der Waals surface area contributed by atoms with Crippen molar-refractivity contribution in [2.45, 2.75) is 38.6 Å². The van der Waals surface area contributed by atoms with Crippen LogP contribution in [0.15, 0.2) is 29.8 Å². The predicted octanol–water partition coefficient (Wildman–Crippen LogP) is 4.11. The van der Waals surface area contributed by atoms with Gasteiger partial charge in [0.25, 0.3) is 0 Å². The fourth-order valence-corrected chi connectivity index (χ4v) is 2.15. The molecule has 0 heterocycles. The normalized spacial score (nSPS) is 16.1. The highest BCUT2D eigenvalue weighted by Crippen LogP contribution is 2.20. The van der Waals surface area contributed by atoms with Crippen LogP contribution in [-0.4, -0.2) is 12.6 Å². The number of hydrogen-bond acceptors (Lipinski definition) is 1. The van der Waals surface area contributed by atoms with Crippen LogP contribution < -0.4 is 5.32 Å². The molecule has 18 heavy (non-hydrogen) atoms. The van der Waals surface area contributed by atoms with Crippen LogP contribution in [0.25, 0.3) is 0 Å². The first kappa shape index (κ1) is 13.6. The van der Waals surface area contributed by atoms with Gasteiger partial charge in [-0.1, -0.05) is 35.4 Å². The van der Waals surface area contributed by atoms with Crippen LogP contribution in [0.2, 0.25) is 5.02 Å². The maximum Gasteiger partial charge on any atom is 0.145 e. The Balaban J connectivity index is 1.83. The Hall–Kier alpha value is -0.860. The van der Waals surface area contributed by atoms with Gasteiger partial charge < -0.3 is 5.32 Å². The highest BCUT2D eigenvalue weighted by Gasteiger charge is 2.19. The minimum Gasteiger partial charge on any atom is -0.314 e. The number of rotatable bonds is 6. The molecule has 1 aliphatic rings. The van der Waals surface area contributed by atoms with Gasteiger partial charge in [0.2, 0.25) is 0 Å². The number of benzene rings is 1. The summed E-state index contributed by atoms with van der Waals surface area (Å²) in [4.78, 5) is 0. The summed E-state index contributed by atoms with van der Waals surface area (Å²) >= 11 is 5.76. The van der Waals surface area contributed by atoms with Crippen LogP contribution in [0.4, 0.5) is 4.39 Å². The monoisotopic (exact) mass is 267 g/mol. The van der Waals surface area contributed by atoms with Crippen LogP contribution in [0.1, 0.15) is 31.7 Å². The van der Waals surface area contributed by atoms with Crippen molar-refractivity contribution >= 4 is 11.6 Å². The van der Waals surface area contributed by atoms with Gasteiger partial charge in [0.1, 0.15) is 5.82 Å². The van der Waals surface area contributed by atoms with Crippen molar-refractivity contribution < 1.29 is 4.39 Å². The number of halogens is 2. The number of nitrogens with one attached hydrogen (secondary N) is 1. The SMILES string of the molecule is C/C(=C/CCNC1CC1)Cc1cccc(Cl)c1F. The molecule has 98 valence electrons. The van der Waals surface area contributed by atoms with Gasteiger partial charge >= 0.3 is 0 Å². The zero-order valence-electron chi connectivity index (χ0n) is 10.7. The predicted molar refractivity (Wildman–Crippen MR) is 74.5 cm³/mol. The maximum atomic E-state index is 13.7. The Bertz CT molecular complexity index is 438. The van der Waals surface area contributed by atoms with E-state index in [1.807, 2.05) is 6.92 Å². The summed E-state index contributed by atoms with van der Waals surface area (Å²) in [6.45, 7) is 3.05. The minimum atomic E-state index is -0.289. The first-order valence-electron chi connectivity index (χ1n) is 6.48. The molecule has 0 spiro atoms. The topological polar surface area (TPSA) is 12.0 Å². The van der Waals surface area contributed by atoms with Crippen LogP contribution >= 0.6 is 11.6 Å². The molecule has 0 amide bonds. The molecule has 1 saturated carbocycles. The molecular weight excluding hydrogens is 249 g/mol. The highest BCUT2D eigenvalue weighted by atomic mass is 35.5. The van der Waals surface area contributed by atoms with E-state index in [1.54, 1.807) is 18.2 Å². The lowest BCUT2D eigenvalue weighted by molar-refractivity contribution is 0.613. The molecule has 2 rings (SSSR count). The first-order chi connectivity index (χ1) is 8.66. The van der Waals surface area contributed by atoms with E-state index in [-0.39, 0.29) is 10.8 Å². The van der Waals surface area contributed by atoms with E-state index in [0.29, 0.717) is 12.0 Å². The third-order valence-corrected chi connectivity index (χ3v) is 3.44. The lowest BCUT2D eigenvalue weighted by Gasteiger charge is -2.05. The van der Waals surface area contributed by atoms with E-state index in [0.717, 1.165) is 19.0 Å². The summed E-state index contributed by atoms with van der Waals surface area (Å²) in [5, 5.41) is 3.66.